The number of carbonyl (C=O) groups is 1. The fourth-order valence-electron chi connectivity index (χ4n) is 1.91. The molecule has 0 aromatic rings. The van der Waals surface area contributed by atoms with Crippen LogP contribution in [-0.2, 0) is 9.53 Å². The predicted octanol–water partition coefficient (Wildman–Crippen LogP) is 0.655. The molecule has 1 atom stereocenters. The summed E-state index contributed by atoms with van der Waals surface area (Å²) in [4.78, 5) is 14.0. The summed E-state index contributed by atoms with van der Waals surface area (Å²) in [6, 6.07) is 0. The highest BCUT2D eigenvalue weighted by molar-refractivity contribution is 5.85. The minimum atomic E-state index is -0.252. The Hall–Kier alpha value is -0.320. The van der Waals surface area contributed by atoms with Gasteiger partial charge in [0.2, 0.25) is 0 Å². The second-order valence-corrected chi connectivity index (χ2v) is 4.38. The van der Waals surface area contributed by atoms with Crippen LogP contribution in [0.1, 0.15) is 19.8 Å². The van der Waals surface area contributed by atoms with Crippen molar-refractivity contribution in [2.75, 3.05) is 32.8 Å². The Labute approximate surface area is 103 Å². The third-order valence-electron chi connectivity index (χ3n) is 3.07. The topological polar surface area (TPSA) is 41.6 Å². The van der Waals surface area contributed by atoms with Crippen molar-refractivity contribution in [2.45, 2.75) is 25.9 Å². The first-order valence-corrected chi connectivity index (χ1v) is 5.92. The van der Waals surface area contributed by atoms with Crippen LogP contribution in [0.2, 0.25) is 0 Å². The van der Waals surface area contributed by atoms with E-state index in [1.807, 2.05) is 11.8 Å². The Morgan fingerprint density at radius 1 is 1.50 bits per heavy atom. The molecule has 1 heterocycles. The fraction of sp³-hybridized carbons (Fsp3) is 0.909. The first-order chi connectivity index (χ1) is 7.31. The van der Waals surface area contributed by atoms with Crippen LogP contribution in [0, 0.1) is 5.92 Å². The van der Waals surface area contributed by atoms with Crippen LogP contribution in [0.4, 0.5) is 0 Å². The number of amides is 1. The van der Waals surface area contributed by atoms with Crippen LogP contribution in [-0.4, -0.2) is 49.7 Å². The van der Waals surface area contributed by atoms with Crippen LogP contribution in [0.5, 0.6) is 0 Å². The molecule has 4 nitrogen and oxygen atoms in total. The van der Waals surface area contributed by atoms with Crippen molar-refractivity contribution < 1.29 is 9.53 Å². The van der Waals surface area contributed by atoms with E-state index in [9.17, 15) is 4.79 Å². The Morgan fingerprint density at radius 2 is 2.25 bits per heavy atom. The van der Waals surface area contributed by atoms with Gasteiger partial charge in [-0.3, -0.25) is 4.79 Å². The van der Waals surface area contributed by atoms with Gasteiger partial charge < -0.3 is 15.0 Å². The molecule has 2 aliphatic rings. The van der Waals surface area contributed by atoms with E-state index in [-0.39, 0.29) is 24.4 Å². The summed E-state index contributed by atoms with van der Waals surface area (Å²) in [5.74, 6) is 0.919. The third-order valence-corrected chi connectivity index (χ3v) is 3.07. The Kier molecular flexibility index (Phi) is 5.52. The molecule has 0 bridgehead atoms. The lowest BCUT2D eigenvalue weighted by molar-refractivity contribution is -0.145. The van der Waals surface area contributed by atoms with Crippen molar-refractivity contribution in [2.24, 2.45) is 5.92 Å². The van der Waals surface area contributed by atoms with Gasteiger partial charge in [-0.2, -0.15) is 0 Å². The zero-order chi connectivity index (χ0) is 10.7. The molecule has 1 saturated heterocycles. The molecule has 1 saturated carbocycles. The Morgan fingerprint density at radius 3 is 2.75 bits per heavy atom. The molecule has 94 valence electrons. The molecule has 1 aliphatic carbocycles. The van der Waals surface area contributed by atoms with Crippen molar-refractivity contribution in [1.82, 2.24) is 10.2 Å². The van der Waals surface area contributed by atoms with Crippen LogP contribution >= 0.6 is 12.4 Å². The van der Waals surface area contributed by atoms with E-state index < -0.39 is 0 Å². The number of nitrogens with one attached hydrogen (secondary N) is 1. The van der Waals surface area contributed by atoms with Crippen LogP contribution in [0.3, 0.4) is 0 Å². The number of likely N-dealkylation sites (N-methyl/N-ethyl adjacent to an activating group) is 1. The maximum Gasteiger partial charge on any atom is 0.253 e. The van der Waals surface area contributed by atoms with Gasteiger partial charge in [-0.25, -0.2) is 0 Å². The molecule has 2 rings (SSSR count). The molecule has 0 radical (unpaired) electrons. The number of ether oxygens (including phenoxy) is 1. The van der Waals surface area contributed by atoms with Crippen molar-refractivity contribution in [3.05, 3.63) is 0 Å². The van der Waals surface area contributed by atoms with Crippen LogP contribution in [0.25, 0.3) is 0 Å². The van der Waals surface area contributed by atoms with Crippen molar-refractivity contribution >= 4 is 18.3 Å². The number of rotatable bonds is 4. The number of hydrogen-bond donors (Lipinski definition) is 1. The first-order valence-electron chi connectivity index (χ1n) is 5.92. The highest BCUT2D eigenvalue weighted by atomic mass is 35.5. The predicted molar refractivity (Wildman–Crippen MR) is 64.8 cm³/mol. The minimum Gasteiger partial charge on any atom is -0.366 e. The lowest BCUT2D eigenvalue weighted by Gasteiger charge is -2.29. The van der Waals surface area contributed by atoms with Crippen LogP contribution in [0.15, 0.2) is 0 Å². The molecule has 1 N–H and O–H groups in total. The van der Waals surface area contributed by atoms with Gasteiger partial charge in [-0.05, 0) is 25.7 Å². The van der Waals surface area contributed by atoms with Gasteiger partial charge in [0, 0.05) is 26.2 Å². The van der Waals surface area contributed by atoms with Gasteiger partial charge >= 0.3 is 0 Å². The summed E-state index contributed by atoms with van der Waals surface area (Å²) >= 11 is 0. The highest BCUT2D eigenvalue weighted by Gasteiger charge is 2.30. The van der Waals surface area contributed by atoms with Crippen molar-refractivity contribution in [3.63, 3.8) is 0 Å². The summed E-state index contributed by atoms with van der Waals surface area (Å²) < 4.78 is 5.47. The maximum absolute atomic E-state index is 12.1. The van der Waals surface area contributed by atoms with Gasteiger partial charge in [-0.1, -0.05) is 0 Å². The van der Waals surface area contributed by atoms with Gasteiger partial charge in [0.25, 0.3) is 5.91 Å². The van der Waals surface area contributed by atoms with E-state index in [0.717, 1.165) is 25.6 Å². The van der Waals surface area contributed by atoms with E-state index in [0.29, 0.717) is 13.2 Å². The van der Waals surface area contributed by atoms with Crippen molar-refractivity contribution in [3.8, 4) is 0 Å². The van der Waals surface area contributed by atoms with Crippen molar-refractivity contribution in [1.29, 1.82) is 0 Å². The molecule has 1 amide bonds. The number of morpholine rings is 1. The van der Waals surface area contributed by atoms with Crippen LogP contribution < -0.4 is 5.32 Å². The van der Waals surface area contributed by atoms with Gasteiger partial charge in [0.15, 0.2) is 0 Å². The van der Waals surface area contributed by atoms with Gasteiger partial charge in [0.05, 0.1) is 6.61 Å². The summed E-state index contributed by atoms with van der Waals surface area (Å²) in [5.41, 5.74) is 0. The van der Waals surface area contributed by atoms with E-state index in [2.05, 4.69) is 5.32 Å². The molecule has 0 aromatic heterocycles. The zero-order valence-electron chi connectivity index (χ0n) is 9.78. The minimum absolute atomic E-state index is 0. The molecular formula is C11H21ClN2O2. The monoisotopic (exact) mass is 248 g/mol. The largest absolute Gasteiger partial charge is 0.366 e. The smallest absolute Gasteiger partial charge is 0.253 e. The highest BCUT2D eigenvalue weighted by Crippen LogP contribution is 2.29. The maximum atomic E-state index is 12.1. The second-order valence-electron chi connectivity index (χ2n) is 4.38. The number of nitrogens with zero attached hydrogens (tertiary/aromatic N) is 1. The quantitative estimate of drug-likeness (QED) is 0.795. The molecule has 2 fully saturated rings. The number of halogens is 1. The molecule has 1 aliphatic heterocycles. The standard InChI is InChI=1S/C11H20N2O2.ClH/c1-2-13(8-9-3-4-9)11(14)10-7-12-5-6-15-10;/h9-10,12H,2-8H2,1H3;1H/t10-;/m0./s1. The average Bonchev–Trinajstić information content (AvgIpc) is 3.10. The number of hydrogen-bond acceptors (Lipinski definition) is 3. The van der Waals surface area contributed by atoms with E-state index in [4.69, 9.17) is 4.74 Å². The van der Waals surface area contributed by atoms with Gasteiger partial charge in [0.1, 0.15) is 6.10 Å². The molecule has 16 heavy (non-hydrogen) atoms. The second kappa shape index (κ2) is 6.42. The van der Waals surface area contributed by atoms with E-state index in [1.165, 1.54) is 12.8 Å². The number of carbonyl (C=O) groups excluding carboxylic acids is 1. The molecule has 0 aromatic carbocycles. The van der Waals surface area contributed by atoms with E-state index >= 15 is 0 Å². The summed E-state index contributed by atoms with van der Waals surface area (Å²) in [6.07, 6.45) is 2.32. The summed E-state index contributed by atoms with van der Waals surface area (Å²) in [5, 5.41) is 3.19. The molecular weight excluding hydrogens is 228 g/mol. The molecule has 5 heteroatoms. The van der Waals surface area contributed by atoms with Gasteiger partial charge in [-0.15, -0.1) is 12.4 Å². The van der Waals surface area contributed by atoms with E-state index in [1.54, 1.807) is 0 Å². The third kappa shape index (κ3) is 3.61. The fourth-order valence-corrected chi connectivity index (χ4v) is 1.91. The average molecular weight is 249 g/mol. The Bertz CT molecular complexity index is 228. The zero-order valence-corrected chi connectivity index (χ0v) is 10.6. The first kappa shape index (κ1) is 13.7. The Balaban J connectivity index is 0.00000128. The normalized spacial score (nSPS) is 24.7. The lowest BCUT2D eigenvalue weighted by Crippen LogP contribution is -2.49. The summed E-state index contributed by atoms with van der Waals surface area (Å²) in [6.45, 7) is 5.94. The SMILES string of the molecule is CCN(CC1CC1)C(=O)[C@@H]1CNCCO1.Cl. The molecule has 0 unspecified atom stereocenters. The lowest BCUT2D eigenvalue weighted by atomic mass is 10.2. The molecule has 0 spiro atoms. The summed E-state index contributed by atoms with van der Waals surface area (Å²) in [7, 11) is 0.